The van der Waals surface area contributed by atoms with Gasteiger partial charge in [0.15, 0.2) is 5.78 Å². The zero-order valence-corrected chi connectivity index (χ0v) is 15.5. The second kappa shape index (κ2) is 8.82. The minimum atomic E-state index is -1.14. The summed E-state index contributed by atoms with van der Waals surface area (Å²) in [6.07, 6.45) is 2.15. The smallest absolute Gasteiger partial charge is 0.410 e. The number of amides is 1. The molecular formula is C17H19ClN2O4S. The second-order valence-electron chi connectivity index (χ2n) is 5.25. The van der Waals surface area contributed by atoms with Crippen molar-refractivity contribution in [2.45, 2.75) is 19.8 Å². The van der Waals surface area contributed by atoms with Gasteiger partial charge in [-0.05, 0) is 24.6 Å². The Balaban J connectivity index is 2.27. The summed E-state index contributed by atoms with van der Waals surface area (Å²) < 4.78 is 5.22. The fourth-order valence-electron chi connectivity index (χ4n) is 2.29. The predicted octanol–water partition coefficient (Wildman–Crippen LogP) is 4.29. The number of carbonyl (C=O) groups is 2. The van der Waals surface area contributed by atoms with Gasteiger partial charge < -0.3 is 14.7 Å². The summed E-state index contributed by atoms with van der Waals surface area (Å²) in [5.74, 6) is 0.627. The number of nitrogens with zero attached hydrogens (tertiary/aromatic N) is 1. The van der Waals surface area contributed by atoms with Crippen molar-refractivity contribution in [2.24, 2.45) is 0 Å². The number of halogens is 1. The maximum absolute atomic E-state index is 12.7. The summed E-state index contributed by atoms with van der Waals surface area (Å²) in [5.41, 5.74) is 0.359. The van der Waals surface area contributed by atoms with Crippen LogP contribution in [0.1, 0.15) is 30.1 Å². The van der Waals surface area contributed by atoms with E-state index in [0.29, 0.717) is 33.7 Å². The van der Waals surface area contributed by atoms with E-state index in [1.165, 1.54) is 24.9 Å². The molecule has 1 aromatic carbocycles. The molecule has 1 amide bonds. The van der Waals surface area contributed by atoms with Crippen molar-refractivity contribution in [3.05, 3.63) is 51.1 Å². The number of benzene rings is 1. The van der Waals surface area contributed by atoms with Crippen molar-refractivity contribution in [1.82, 2.24) is 10.2 Å². The zero-order valence-electron chi connectivity index (χ0n) is 13.9. The molecule has 1 heterocycles. The highest BCUT2D eigenvalue weighted by atomic mass is 35.5. The number of rotatable bonds is 7. The molecular weight excluding hydrogens is 364 g/mol. The molecule has 2 N–H and O–H groups in total. The van der Waals surface area contributed by atoms with Crippen LogP contribution in [0, 0.1) is 0 Å². The van der Waals surface area contributed by atoms with E-state index in [9.17, 15) is 9.59 Å². The molecule has 1 aliphatic heterocycles. The van der Waals surface area contributed by atoms with Crippen LogP contribution >= 0.6 is 23.4 Å². The highest BCUT2D eigenvalue weighted by Gasteiger charge is 2.24. The van der Waals surface area contributed by atoms with Crippen molar-refractivity contribution in [3.8, 4) is 5.75 Å². The molecule has 2 rings (SSSR count). The zero-order chi connectivity index (χ0) is 18.4. The molecule has 8 heteroatoms. The van der Waals surface area contributed by atoms with E-state index in [1.807, 2.05) is 6.92 Å². The number of hydrogen-bond donors (Lipinski definition) is 2. The molecule has 0 atom stereocenters. The highest BCUT2D eigenvalue weighted by Crippen LogP contribution is 2.34. The molecule has 0 bridgehead atoms. The molecule has 0 saturated heterocycles. The van der Waals surface area contributed by atoms with E-state index in [-0.39, 0.29) is 5.78 Å². The first kappa shape index (κ1) is 19.2. The van der Waals surface area contributed by atoms with Gasteiger partial charge in [0.2, 0.25) is 0 Å². The molecule has 0 radical (unpaired) electrons. The van der Waals surface area contributed by atoms with Crippen LogP contribution in [0.4, 0.5) is 4.79 Å². The van der Waals surface area contributed by atoms with Gasteiger partial charge in [0, 0.05) is 23.1 Å². The third-order valence-corrected chi connectivity index (χ3v) is 4.66. The standard InChI is InChI=1S/C17H19ClN2O4S/c1-3-4-7-20-15(19-17(22)23)10-25-16(20)9-13(21)12-8-11(18)5-6-14(12)24-2/h5-6,8-10,19H,3-4,7H2,1-2H3,(H,22,23). The first-order valence-electron chi connectivity index (χ1n) is 7.70. The Morgan fingerprint density at radius 1 is 1.44 bits per heavy atom. The third-order valence-electron chi connectivity index (χ3n) is 3.50. The molecule has 0 saturated carbocycles. The van der Waals surface area contributed by atoms with E-state index in [2.05, 4.69) is 5.32 Å². The van der Waals surface area contributed by atoms with Gasteiger partial charge in [0.05, 0.1) is 17.7 Å². The minimum absolute atomic E-state index is 0.256. The molecule has 25 heavy (non-hydrogen) atoms. The van der Waals surface area contributed by atoms with Crippen LogP contribution in [0.5, 0.6) is 5.75 Å². The van der Waals surface area contributed by atoms with Crippen LogP contribution in [0.25, 0.3) is 0 Å². The van der Waals surface area contributed by atoms with E-state index in [0.717, 1.165) is 12.8 Å². The summed E-state index contributed by atoms with van der Waals surface area (Å²) in [7, 11) is 1.49. The van der Waals surface area contributed by atoms with Crippen LogP contribution in [0.3, 0.4) is 0 Å². The van der Waals surface area contributed by atoms with E-state index in [1.54, 1.807) is 28.5 Å². The Labute approximate surface area is 155 Å². The average molecular weight is 383 g/mol. The predicted molar refractivity (Wildman–Crippen MR) is 98.9 cm³/mol. The summed E-state index contributed by atoms with van der Waals surface area (Å²) >= 11 is 7.28. The summed E-state index contributed by atoms with van der Waals surface area (Å²) in [6, 6.07) is 4.85. The number of hydrogen-bond acceptors (Lipinski definition) is 5. The van der Waals surface area contributed by atoms with Crippen LogP contribution < -0.4 is 10.1 Å². The SMILES string of the molecule is CCCCN1C(NC(=O)O)=CSC1=CC(=O)c1cc(Cl)ccc1OC. The Hall–Kier alpha value is -2.12. The van der Waals surface area contributed by atoms with Gasteiger partial charge in [-0.2, -0.15) is 0 Å². The molecule has 1 aromatic rings. The topological polar surface area (TPSA) is 78.9 Å². The lowest BCUT2D eigenvalue weighted by atomic mass is 10.1. The maximum Gasteiger partial charge on any atom is 0.410 e. The van der Waals surface area contributed by atoms with Crippen LogP contribution in [0.15, 0.2) is 40.5 Å². The number of allylic oxidation sites excluding steroid dienone is 1. The Morgan fingerprint density at radius 3 is 2.84 bits per heavy atom. The summed E-state index contributed by atoms with van der Waals surface area (Å²) in [4.78, 5) is 25.4. The first-order valence-corrected chi connectivity index (χ1v) is 8.96. The normalized spacial score (nSPS) is 15.2. The molecule has 0 aromatic heterocycles. The number of methoxy groups -OCH3 is 1. The van der Waals surface area contributed by atoms with Gasteiger partial charge in [-0.15, -0.1) is 0 Å². The molecule has 1 aliphatic rings. The number of unbranched alkanes of at least 4 members (excludes halogenated alkanes) is 1. The Kier molecular flexibility index (Phi) is 6.78. The average Bonchev–Trinajstić information content (AvgIpc) is 2.93. The monoisotopic (exact) mass is 382 g/mol. The van der Waals surface area contributed by atoms with Crippen LogP contribution in [0.2, 0.25) is 5.02 Å². The van der Waals surface area contributed by atoms with E-state index in [4.69, 9.17) is 21.4 Å². The fourth-order valence-corrected chi connectivity index (χ4v) is 3.37. The fraction of sp³-hybridized carbons (Fsp3) is 0.294. The number of ether oxygens (including phenoxy) is 1. The van der Waals surface area contributed by atoms with Gasteiger partial charge in [-0.25, -0.2) is 4.79 Å². The number of carboxylic acid groups (broad SMARTS) is 1. The number of ketones is 1. The highest BCUT2D eigenvalue weighted by molar-refractivity contribution is 8.06. The first-order chi connectivity index (χ1) is 12.0. The van der Waals surface area contributed by atoms with Gasteiger partial charge in [-0.1, -0.05) is 36.7 Å². The number of nitrogens with one attached hydrogen (secondary N) is 1. The maximum atomic E-state index is 12.7. The lowest BCUT2D eigenvalue weighted by Crippen LogP contribution is -2.31. The third kappa shape index (κ3) is 4.93. The molecule has 0 unspecified atom stereocenters. The van der Waals surface area contributed by atoms with Crippen molar-refractivity contribution >= 4 is 35.2 Å². The lowest BCUT2D eigenvalue weighted by Gasteiger charge is -2.22. The minimum Gasteiger partial charge on any atom is -0.496 e. The van der Waals surface area contributed by atoms with Gasteiger partial charge in [0.25, 0.3) is 0 Å². The number of thioether (sulfide) groups is 1. The molecule has 134 valence electrons. The van der Waals surface area contributed by atoms with Gasteiger partial charge in [-0.3, -0.25) is 10.1 Å². The quantitative estimate of drug-likeness (QED) is 0.541. The van der Waals surface area contributed by atoms with E-state index >= 15 is 0 Å². The van der Waals surface area contributed by atoms with Crippen LogP contribution in [-0.4, -0.2) is 35.5 Å². The van der Waals surface area contributed by atoms with Crippen molar-refractivity contribution in [1.29, 1.82) is 0 Å². The summed E-state index contributed by atoms with van der Waals surface area (Å²) in [5, 5.41) is 14.1. The molecule has 0 fully saturated rings. The molecule has 6 nitrogen and oxygen atoms in total. The Bertz CT molecular complexity index is 733. The summed E-state index contributed by atoms with van der Waals surface area (Å²) in [6.45, 7) is 2.66. The van der Waals surface area contributed by atoms with E-state index < -0.39 is 6.09 Å². The molecule has 0 spiro atoms. The van der Waals surface area contributed by atoms with Crippen molar-refractivity contribution in [2.75, 3.05) is 13.7 Å². The molecule has 0 aliphatic carbocycles. The lowest BCUT2D eigenvalue weighted by molar-refractivity contribution is 0.104. The van der Waals surface area contributed by atoms with Crippen LogP contribution in [-0.2, 0) is 0 Å². The van der Waals surface area contributed by atoms with Gasteiger partial charge in [0.1, 0.15) is 11.6 Å². The Morgan fingerprint density at radius 2 is 2.20 bits per heavy atom. The van der Waals surface area contributed by atoms with Gasteiger partial charge >= 0.3 is 6.09 Å². The largest absolute Gasteiger partial charge is 0.496 e. The van der Waals surface area contributed by atoms with Crippen molar-refractivity contribution in [3.63, 3.8) is 0 Å². The van der Waals surface area contributed by atoms with Crippen molar-refractivity contribution < 1.29 is 19.4 Å². The number of carbonyl (C=O) groups excluding carboxylic acids is 1. The second-order valence-corrected chi connectivity index (χ2v) is 6.57.